The molecule has 0 aromatic heterocycles. The van der Waals surface area contributed by atoms with Crippen LogP contribution in [0.25, 0.3) is 0 Å². The van der Waals surface area contributed by atoms with Crippen molar-refractivity contribution in [1.29, 1.82) is 0 Å². The van der Waals surface area contributed by atoms with Gasteiger partial charge in [0.25, 0.3) is 0 Å². The van der Waals surface area contributed by atoms with Gasteiger partial charge in [-0.05, 0) is 49.3 Å². The molecule has 4 rings (SSSR count). The number of alkyl halides is 3. The van der Waals surface area contributed by atoms with E-state index >= 15 is 0 Å². The van der Waals surface area contributed by atoms with Gasteiger partial charge in [-0.15, -0.1) is 0 Å². The maximum atomic E-state index is 12.8. The van der Waals surface area contributed by atoms with Crippen molar-refractivity contribution in [2.24, 2.45) is 5.92 Å². The van der Waals surface area contributed by atoms with E-state index in [9.17, 15) is 22.8 Å². The standard InChI is InChI=1S/C20H23ClF3N3O2/c21-16-10-15(20(22,23)24)2-1-14(16)9-13-4-7-26(8-5-13)18(29)27-11-19(12-27)6-3-17(28)25-19/h1-2,10,13H,3-9,11-12H2,(H,25,28). The second kappa shape index (κ2) is 7.38. The molecular weight excluding hydrogens is 407 g/mol. The average molecular weight is 430 g/mol. The van der Waals surface area contributed by atoms with Crippen LogP contribution in [0.2, 0.25) is 5.02 Å². The summed E-state index contributed by atoms with van der Waals surface area (Å²) in [5, 5.41) is 3.11. The molecule has 9 heteroatoms. The predicted octanol–water partition coefficient (Wildman–Crippen LogP) is 3.70. The Balaban J connectivity index is 1.27. The summed E-state index contributed by atoms with van der Waals surface area (Å²) in [6, 6.07) is 3.51. The smallest absolute Gasteiger partial charge is 0.347 e. The van der Waals surface area contributed by atoms with Crippen molar-refractivity contribution in [2.75, 3.05) is 26.2 Å². The Morgan fingerprint density at radius 3 is 2.45 bits per heavy atom. The number of carbonyl (C=O) groups excluding carboxylic acids is 2. The topological polar surface area (TPSA) is 52.7 Å². The molecule has 0 unspecified atom stereocenters. The largest absolute Gasteiger partial charge is 0.416 e. The number of hydrogen-bond donors (Lipinski definition) is 1. The molecule has 0 bridgehead atoms. The molecule has 158 valence electrons. The van der Waals surface area contributed by atoms with E-state index in [1.807, 2.05) is 4.90 Å². The number of piperidine rings is 1. The molecule has 3 saturated heterocycles. The summed E-state index contributed by atoms with van der Waals surface area (Å²) in [5.41, 5.74) is -0.242. The minimum Gasteiger partial charge on any atom is -0.347 e. The van der Waals surface area contributed by atoms with Crippen LogP contribution in [-0.4, -0.2) is 53.5 Å². The molecule has 3 aliphatic heterocycles. The first-order valence-corrected chi connectivity index (χ1v) is 10.2. The molecule has 1 N–H and O–H groups in total. The van der Waals surface area contributed by atoms with Gasteiger partial charge in [0.05, 0.1) is 11.1 Å². The fraction of sp³-hybridized carbons (Fsp3) is 0.600. The first kappa shape index (κ1) is 20.3. The number of amides is 3. The van der Waals surface area contributed by atoms with Gasteiger partial charge in [-0.2, -0.15) is 13.2 Å². The van der Waals surface area contributed by atoms with Crippen molar-refractivity contribution < 1.29 is 22.8 Å². The SMILES string of the molecule is O=C1CCC2(CN(C(=O)N3CCC(Cc4ccc(C(F)(F)F)cc4Cl)CC3)C2)N1. The summed E-state index contributed by atoms with van der Waals surface area (Å²) in [6.07, 6.45) is -0.897. The normalized spacial score (nSPS) is 22.0. The van der Waals surface area contributed by atoms with Gasteiger partial charge in [0.2, 0.25) is 5.91 Å². The summed E-state index contributed by atoms with van der Waals surface area (Å²) >= 11 is 6.07. The zero-order valence-electron chi connectivity index (χ0n) is 15.9. The zero-order chi connectivity index (χ0) is 20.8. The highest BCUT2D eigenvalue weighted by molar-refractivity contribution is 6.31. The number of hydrogen-bond acceptors (Lipinski definition) is 2. The van der Waals surface area contributed by atoms with Crippen molar-refractivity contribution >= 4 is 23.5 Å². The van der Waals surface area contributed by atoms with Crippen molar-refractivity contribution in [2.45, 2.75) is 43.8 Å². The fourth-order valence-corrected chi connectivity index (χ4v) is 4.82. The first-order chi connectivity index (χ1) is 13.7. The van der Waals surface area contributed by atoms with Gasteiger partial charge in [0.15, 0.2) is 0 Å². The Bertz CT molecular complexity index is 816. The molecule has 1 aromatic carbocycles. The van der Waals surface area contributed by atoms with E-state index in [0.717, 1.165) is 31.4 Å². The van der Waals surface area contributed by atoms with Crippen molar-refractivity contribution in [3.05, 3.63) is 34.3 Å². The molecule has 0 radical (unpaired) electrons. The second-order valence-corrected chi connectivity index (χ2v) is 8.81. The van der Waals surface area contributed by atoms with Gasteiger partial charge in [-0.1, -0.05) is 17.7 Å². The Hall–Kier alpha value is -1.96. The number of nitrogens with zero attached hydrogens (tertiary/aromatic N) is 2. The minimum absolute atomic E-state index is 0.00258. The third-order valence-corrected chi connectivity index (χ3v) is 6.62. The highest BCUT2D eigenvalue weighted by Gasteiger charge is 2.50. The molecule has 5 nitrogen and oxygen atoms in total. The van der Waals surface area contributed by atoms with Crippen molar-refractivity contribution in [3.63, 3.8) is 0 Å². The van der Waals surface area contributed by atoms with E-state index in [0.29, 0.717) is 44.6 Å². The molecule has 0 atom stereocenters. The van der Waals surface area contributed by atoms with Crippen LogP contribution in [0.1, 0.15) is 36.8 Å². The van der Waals surface area contributed by atoms with Gasteiger partial charge in [0.1, 0.15) is 0 Å². The van der Waals surface area contributed by atoms with Gasteiger partial charge in [-0.3, -0.25) is 4.79 Å². The average Bonchev–Trinajstić information content (AvgIpc) is 3.03. The van der Waals surface area contributed by atoms with Crippen LogP contribution in [0.4, 0.5) is 18.0 Å². The lowest BCUT2D eigenvalue weighted by atomic mass is 9.88. The number of nitrogens with one attached hydrogen (secondary N) is 1. The van der Waals surface area contributed by atoms with Gasteiger partial charge in [-0.25, -0.2) is 4.79 Å². The molecule has 0 saturated carbocycles. The maximum Gasteiger partial charge on any atom is 0.416 e. The van der Waals surface area contributed by atoms with E-state index < -0.39 is 11.7 Å². The highest BCUT2D eigenvalue weighted by atomic mass is 35.5. The van der Waals surface area contributed by atoms with Crippen LogP contribution in [-0.2, 0) is 17.4 Å². The van der Waals surface area contributed by atoms with E-state index in [2.05, 4.69) is 5.32 Å². The van der Waals surface area contributed by atoms with Gasteiger partial charge < -0.3 is 15.1 Å². The Morgan fingerprint density at radius 1 is 1.21 bits per heavy atom. The molecule has 1 spiro atoms. The predicted molar refractivity (Wildman–Crippen MR) is 102 cm³/mol. The molecule has 3 aliphatic rings. The van der Waals surface area contributed by atoms with E-state index in [4.69, 9.17) is 11.6 Å². The molecule has 3 heterocycles. The lowest BCUT2D eigenvalue weighted by Gasteiger charge is -2.49. The highest BCUT2D eigenvalue weighted by Crippen LogP contribution is 2.35. The van der Waals surface area contributed by atoms with E-state index in [1.54, 1.807) is 4.90 Å². The Morgan fingerprint density at radius 2 is 1.90 bits per heavy atom. The molecule has 1 aromatic rings. The third kappa shape index (κ3) is 4.17. The van der Waals surface area contributed by atoms with Crippen LogP contribution < -0.4 is 5.32 Å². The van der Waals surface area contributed by atoms with Crippen LogP contribution in [0.5, 0.6) is 0 Å². The number of urea groups is 1. The number of benzene rings is 1. The van der Waals surface area contributed by atoms with E-state index in [1.165, 1.54) is 6.07 Å². The summed E-state index contributed by atoms with van der Waals surface area (Å²) in [4.78, 5) is 27.7. The summed E-state index contributed by atoms with van der Waals surface area (Å²) in [5.74, 6) is 0.338. The van der Waals surface area contributed by atoms with E-state index in [-0.39, 0.29) is 28.4 Å². The number of rotatable bonds is 2. The first-order valence-electron chi connectivity index (χ1n) is 9.86. The van der Waals surface area contributed by atoms with Crippen LogP contribution in [0.3, 0.4) is 0 Å². The van der Waals surface area contributed by atoms with Gasteiger partial charge >= 0.3 is 12.2 Å². The number of carbonyl (C=O) groups is 2. The van der Waals surface area contributed by atoms with Crippen molar-refractivity contribution in [1.82, 2.24) is 15.1 Å². The Kier molecular flexibility index (Phi) is 5.17. The Labute approximate surface area is 172 Å². The summed E-state index contributed by atoms with van der Waals surface area (Å²) < 4.78 is 38.3. The fourth-order valence-electron chi connectivity index (χ4n) is 4.56. The third-order valence-electron chi connectivity index (χ3n) is 6.27. The molecule has 0 aliphatic carbocycles. The monoisotopic (exact) mass is 429 g/mol. The lowest BCUT2D eigenvalue weighted by molar-refractivity contribution is -0.137. The number of halogens is 4. The molecular formula is C20H23ClF3N3O2. The lowest BCUT2D eigenvalue weighted by Crippen LogP contribution is -2.70. The summed E-state index contributed by atoms with van der Waals surface area (Å²) in [6.45, 7) is 2.38. The van der Waals surface area contributed by atoms with Crippen LogP contribution in [0.15, 0.2) is 18.2 Å². The molecule has 29 heavy (non-hydrogen) atoms. The maximum absolute atomic E-state index is 12.8. The van der Waals surface area contributed by atoms with Crippen LogP contribution in [0, 0.1) is 5.92 Å². The molecule has 3 fully saturated rings. The van der Waals surface area contributed by atoms with Crippen molar-refractivity contribution in [3.8, 4) is 0 Å². The van der Waals surface area contributed by atoms with Gasteiger partial charge in [0, 0.05) is 37.6 Å². The molecule has 3 amide bonds. The number of likely N-dealkylation sites (tertiary alicyclic amines) is 2. The quantitative estimate of drug-likeness (QED) is 0.779. The zero-order valence-corrected chi connectivity index (χ0v) is 16.7. The summed E-state index contributed by atoms with van der Waals surface area (Å²) in [7, 11) is 0. The minimum atomic E-state index is -4.40. The second-order valence-electron chi connectivity index (χ2n) is 8.41. The van der Waals surface area contributed by atoms with Crippen LogP contribution >= 0.6 is 11.6 Å².